The Kier molecular flexibility index (Phi) is 2.31. The molecule has 0 atom stereocenters. The molecular formula is C12H10N4O. The first-order valence-electron chi connectivity index (χ1n) is 5.24. The van der Waals surface area contributed by atoms with Crippen LogP contribution in [-0.2, 0) is 6.61 Å². The summed E-state index contributed by atoms with van der Waals surface area (Å²) in [5.41, 5.74) is 1.83. The summed E-state index contributed by atoms with van der Waals surface area (Å²) in [6.45, 7) is -0.142. The van der Waals surface area contributed by atoms with E-state index in [1.807, 2.05) is 30.3 Å². The third-order valence-corrected chi connectivity index (χ3v) is 2.64. The molecule has 1 aromatic carbocycles. The van der Waals surface area contributed by atoms with Crippen LogP contribution in [0.5, 0.6) is 0 Å². The van der Waals surface area contributed by atoms with Gasteiger partial charge in [-0.1, -0.05) is 6.07 Å². The van der Waals surface area contributed by atoms with Crippen molar-refractivity contribution in [3.63, 3.8) is 0 Å². The molecule has 5 nitrogen and oxygen atoms in total. The van der Waals surface area contributed by atoms with Crippen molar-refractivity contribution in [3.05, 3.63) is 48.7 Å². The van der Waals surface area contributed by atoms with Gasteiger partial charge < -0.3 is 5.11 Å². The maximum Gasteiger partial charge on any atom is 0.163 e. The third kappa shape index (κ3) is 1.57. The van der Waals surface area contributed by atoms with Gasteiger partial charge in [-0.2, -0.15) is 0 Å². The predicted octanol–water partition coefficient (Wildman–Crippen LogP) is 1.31. The standard InChI is InChI=1S/C12H10N4O/c17-7-12-15-14-8-16(12)11-5-1-4-10-9(11)3-2-6-13-10/h1-6,8,17H,7H2. The van der Waals surface area contributed by atoms with Gasteiger partial charge in [0.15, 0.2) is 5.82 Å². The first-order valence-corrected chi connectivity index (χ1v) is 5.24. The summed E-state index contributed by atoms with van der Waals surface area (Å²) in [4.78, 5) is 4.29. The van der Waals surface area contributed by atoms with Gasteiger partial charge in [0.05, 0.1) is 11.2 Å². The second-order valence-corrected chi connectivity index (χ2v) is 3.62. The summed E-state index contributed by atoms with van der Waals surface area (Å²) in [7, 11) is 0. The van der Waals surface area contributed by atoms with E-state index in [4.69, 9.17) is 0 Å². The van der Waals surface area contributed by atoms with E-state index < -0.39 is 0 Å². The smallest absolute Gasteiger partial charge is 0.163 e. The van der Waals surface area contributed by atoms with Gasteiger partial charge >= 0.3 is 0 Å². The van der Waals surface area contributed by atoms with Crippen LogP contribution in [0.25, 0.3) is 16.6 Å². The number of hydrogen-bond donors (Lipinski definition) is 1. The largest absolute Gasteiger partial charge is 0.388 e. The van der Waals surface area contributed by atoms with Gasteiger partial charge in [0.2, 0.25) is 0 Å². The SMILES string of the molecule is OCc1nncn1-c1cccc2ncccc12. The molecule has 0 spiro atoms. The Morgan fingerprint density at radius 3 is 3.00 bits per heavy atom. The van der Waals surface area contributed by atoms with E-state index in [-0.39, 0.29) is 6.61 Å². The number of aliphatic hydroxyl groups excluding tert-OH is 1. The maximum absolute atomic E-state index is 9.20. The second-order valence-electron chi connectivity index (χ2n) is 3.62. The minimum absolute atomic E-state index is 0.142. The molecule has 0 fully saturated rings. The number of aromatic nitrogens is 4. The van der Waals surface area contributed by atoms with Crippen LogP contribution in [0.1, 0.15) is 5.82 Å². The normalized spacial score (nSPS) is 10.9. The van der Waals surface area contributed by atoms with Crippen LogP contribution >= 0.6 is 0 Å². The molecule has 0 unspecified atom stereocenters. The van der Waals surface area contributed by atoms with Gasteiger partial charge in [-0.25, -0.2) is 0 Å². The zero-order valence-electron chi connectivity index (χ0n) is 8.98. The molecule has 2 aromatic heterocycles. The molecule has 0 radical (unpaired) electrons. The lowest BCUT2D eigenvalue weighted by molar-refractivity contribution is 0.269. The first kappa shape index (κ1) is 9.92. The summed E-state index contributed by atoms with van der Waals surface area (Å²) >= 11 is 0. The topological polar surface area (TPSA) is 63.8 Å². The highest BCUT2D eigenvalue weighted by Gasteiger charge is 2.08. The molecular weight excluding hydrogens is 216 g/mol. The minimum atomic E-state index is -0.142. The summed E-state index contributed by atoms with van der Waals surface area (Å²) in [6, 6.07) is 9.69. The van der Waals surface area contributed by atoms with Crippen molar-refractivity contribution >= 4 is 10.9 Å². The van der Waals surface area contributed by atoms with E-state index in [1.54, 1.807) is 17.1 Å². The van der Waals surface area contributed by atoms with Crippen molar-refractivity contribution in [2.75, 3.05) is 0 Å². The predicted molar refractivity (Wildman–Crippen MR) is 62.6 cm³/mol. The molecule has 3 rings (SSSR count). The number of hydrogen-bond acceptors (Lipinski definition) is 4. The van der Waals surface area contributed by atoms with Crippen LogP contribution in [0, 0.1) is 0 Å². The Hall–Kier alpha value is -2.27. The van der Waals surface area contributed by atoms with Crippen molar-refractivity contribution in [3.8, 4) is 5.69 Å². The molecule has 0 saturated carbocycles. The molecule has 17 heavy (non-hydrogen) atoms. The fraction of sp³-hybridized carbons (Fsp3) is 0.0833. The number of nitrogens with zero attached hydrogens (tertiary/aromatic N) is 4. The van der Waals surface area contributed by atoms with Gasteiger partial charge in [-0.15, -0.1) is 10.2 Å². The molecule has 5 heteroatoms. The van der Waals surface area contributed by atoms with E-state index >= 15 is 0 Å². The summed E-state index contributed by atoms with van der Waals surface area (Å²) in [6.07, 6.45) is 3.35. The Morgan fingerprint density at radius 1 is 1.18 bits per heavy atom. The minimum Gasteiger partial charge on any atom is -0.388 e. The Bertz CT molecular complexity index is 657. The third-order valence-electron chi connectivity index (χ3n) is 2.64. The number of pyridine rings is 1. The van der Waals surface area contributed by atoms with Gasteiger partial charge in [0, 0.05) is 11.6 Å². The van der Waals surface area contributed by atoms with Gasteiger partial charge in [0.1, 0.15) is 12.9 Å². The van der Waals surface area contributed by atoms with Crippen LogP contribution in [-0.4, -0.2) is 24.9 Å². The Morgan fingerprint density at radius 2 is 2.12 bits per heavy atom. The van der Waals surface area contributed by atoms with Gasteiger partial charge in [-0.05, 0) is 24.3 Å². The number of fused-ring (bicyclic) bond motifs is 1. The van der Waals surface area contributed by atoms with Crippen LogP contribution in [0.3, 0.4) is 0 Å². The zero-order chi connectivity index (χ0) is 11.7. The molecule has 0 bridgehead atoms. The van der Waals surface area contributed by atoms with Crippen LogP contribution in [0.15, 0.2) is 42.9 Å². The Labute approximate surface area is 97.4 Å². The zero-order valence-corrected chi connectivity index (χ0v) is 8.98. The quantitative estimate of drug-likeness (QED) is 0.715. The number of rotatable bonds is 2. The van der Waals surface area contributed by atoms with E-state index in [9.17, 15) is 5.11 Å². The highest BCUT2D eigenvalue weighted by Crippen LogP contribution is 2.20. The van der Waals surface area contributed by atoms with Crippen molar-refractivity contribution in [2.24, 2.45) is 0 Å². The van der Waals surface area contributed by atoms with Gasteiger partial charge in [-0.3, -0.25) is 9.55 Å². The molecule has 3 aromatic rings. The fourth-order valence-electron chi connectivity index (χ4n) is 1.87. The highest BCUT2D eigenvalue weighted by molar-refractivity contribution is 5.87. The molecule has 1 N–H and O–H groups in total. The van der Waals surface area contributed by atoms with Gasteiger partial charge in [0.25, 0.3) is 0 Å². The molecule has 0 aliphatic rings. The van der Waals surface area contributed by atoms with Crippen LogP contribution < -0.4 is 0 Å². The van der Waals surface area contributed by atoms with Crippen molar-refractivity contribution in [2.45, 2.75) is 6.61 Å². The van der Waals surface area contributed by atoms with E-state index in [1.165, 1.54) is 0 Å². The highest BCUT2D eigenvalue weighted by atomic mass is 16.3. The van der Waals surface area contributed by atoms with E-state index in [0.29, 0.717) is 5.82 Å². The van der Waals surface area contributed by atoms with E-state index in [0.717, 1.165) is 16.6 Å². The monoisotopic (exact) mass is 226 g/mol. The lowest BCUT2D eigenvalue weighted by Gasteiger charge is -2.07. The molecule has 0 aliphatic carbocycles. The second kappa shape index (κ2) is 3.95. The van der Waals surface area contributed by atoms with Crippen molar-refractivity contribution in [1.82, 2.24) is 19.7 Å². The molecule has 2 heterocycles. The Balaban J connectivity index is 2.31. The van der Waals surface area contributed by atoms with Crippen LogP contribution in [0.2, 0.25) is 0 Å². The first-order chi connectivity index (χ1) is 8.40. The molecule has 0 amide bonds. The van der Waals surface area contributed by atoms with Crippen LogP contribution in [0.4, 0.5) is 0 Å². The number of benzene rings is 1. The molecule has 0 aliphatic heterocycles. The molecule has 84 valence electrons. The average Bonchev–Trinajstić information content (AvgIpc) is 2.86. The summed E-state index contributed by atoms with van der Waals surface area (Å²) < 4.78 is 1.77. The van der Waals surface area contributed by atoms with Crippen molar-refractivity contribution < 1.29 is 5.11 Å². The van der Waals surface area contributed by atoms with Crippen molar-refractivity contribution in [1.29, 1.82) is 0 Å². The average molecular weight is 226 g/mol. The lowest BCUT2D eigenvalue weighted by Crippen LogP contribution is -2.00. The fourth-order valence-corrected chi connectivity index (χ4v) is 1.87. The maximum atomic E-state index is 9.20. The lowest BCUT2D eigenvalue weighted by atomic mass is 10.2. The number of aliphatic hydroxyl groups is 1. The van der Waals surface area contributed by atoms with E-state index in [2.05, 4.69) is 15.2 Å². The molecule has 0 saturated heterocycles. The summed E-state index contributed by atoms with van der Waals surface area (Å²) in [5, 5.41) is 17.9. The summed E-state index contributed by atoms with van der Waals surface area (Å²) in [5.74, 6) is 0.515.